The lowest BCUT2D eigenvalue weighted by molar-refractivity contribution is -0.126. The number of hydrogen-bond acceptors (Lipinski definition) is 3. The summed E-state index contributed by atoms with van der Waals surface area (Å²) in [6, 6.07) is 4.47. The highest BCUT2D eigenvalue weighted by molar-refractivity contribution is 6.35. The van der Waals surface area contributed by atoms with Crippen LogP contribution in [0.3, 0.4) is 0 Å². The predicted octanol–water partition coefficient (Wildman–Crippen LogP) is 3.13. The highest BCUT2D eigenvalue weighted by Gasteiger charge is 2.36. The van der Waals surface area contributed by atoms with Gasteiger partial charge in [-0.25, -0.2) is 0 Å². The zero-order valence-corrected chi connectivity index (χ0v) is 17.0. The monoisotopic (exact) mass is 419 g/mol. The van der Waals surface area contributed by atoms with Gasteiger partial charge in [-0.15, -0.1) is 12.4 Å². The van der Waals surface area contributed by atoms with Gasteiger partial charge in [0.05, 0.1) is 10.6 Å². The van der Waals surface area contributed by atoms with Crippen molar-refractivity contribution in [3.8, 4) is 0 Å². The number of benzene rings is 1. The van der Waals surface area contributed by atoms with Crippen LogP contribution in [-0.4, -0.2) is 48.4 Å². The van der Waals surface area contributed by atoms with Crippen molar-refractivity contribution in [3.05, 3.63) is 33.8 Å². The van der Waals surface area contributed by atoms with Crippen LogP contribution < -0.4 is 10.6 Å². The van der Waals surface area contributed by atoms with Gasteiger partial charge in [-0.3, -0.25) is 9.59 Å². The number of carbonyl (C=O) groups is 2. The fourth-order valence-electron chi connectivity index (χ4n) is 3.56. The van der Waals surface area contributed by atoms with Gasteiger partial charge < -0.3 is 15.5 Å². The molecular formula is C18H24Cl3N3O2. The Labute approximate surface area is 170 Å². The Morgan fingerprint density at radius 3 is 2.77 bits per heavy atom. The van der Waals surface area contributed by atoms with Gasteiger partial charge >= 0.3 is 0 Å². The van der Waals surface area contributed by atoms with Crippen molar-refractivity contribution in [2.24, 2.45) is 5.92 Å². The first-order valence-corrected chi connectivity index (χ1v) is 9.50. The zero-order valence-electron chi connectivity index (χ0n) is 14.6. The van der Waals surface area contributed by atoms with Crippen LogP contribution in [0.15, 0.2) is 18.2 Å². The van der Waals surface area contributed by atoms with E-state index in [1.807, 2.05) is 0 Å². The maximum Gasteiger partial charge on any atom is 0.256 e. The molecule has 3 rings (SSSR count). The average Bonchev–Trinajstić information content (AvgIpc) is 3.08. The molecule has 26 heavy (non-hydrogen) atoms. The van der Waals surface area contributed by atoms with E-state index in [4.69, 9.17) is 23.2 Å². The largest absolute Gasteiger partial charge is 0.350 e. The fourth-order valence-corrected chi connectivity index (χ4v) is 3.93. The number of nitrogens with one attached hydrogen (secondary N) is 2. The number of halogens is 3. The smallest absolute Gasteiger partial charge is 0.256 e. The van der Waals surface area contributed by atoms with Gasteiger partial charge in [-0.05, 0) is 49.9 Å². The third kappa shape index (κ3) is 4.63. The first kappa shape index (κ1) is 21.3. The third-order valence-electron chi connectivity index (χ3n) is 5.13. The van der Waals surface area contributed by atoms with Crippen LogP contribution in [0.1, 0.15) is 36.5 Å². The van der Waals surface area contributed by atoms with Gasteiger partial charge in [0.1, 0.15) is 6.04 Å². The molecule has 1 aromatic rings. The van der Waals surface area contributed by atoms with Crippen LogP contribution in [0.5, 0.6) is 0 Å². The Balaban J connectivity index is 0.00000243. The number of carbonyl (C=O) groups excluding carboxylic acids is 2. The van der Waals surface area contributed by atoms with Crippen LogP contribution in [0, 0.1) is 5.92 Å². The van der Waals surface area contributed by atoms with Gasteiger partial charge in [0.15, 0.2) is 0 Å². The molecule has 2 aliphatic rings. The highest BCUT2D eigenvalue weighted by Crippen LogP contribution is 2.26. The number of likely N-dealkylation sites (tertiary alicyclic amines) is 1. The molecule has 2 fully saturated rings. The Morgan fingerprint density at radius 1 is 1.27 bits per heavy atom. The van der Waals surface area contributed by atoms with E-state index < -0.39 is 6.04 Å². The molecule has 8 heteroatoms. The van der Waals surface area contributed by atoms with E-state index in [0.29, 0.717) is 34.5 Å². The average molecular weight is 421 g/mol. The van der Waals surface area contributed by atoms with Crippen LogP contribution in [-0.2, 0) is 4.79 Å². The number of hydrogen-bond donors (Lipinski definition) is 2. The molecule has 144 valence electrons. The standard InChI is InChI=1S/C18H23Cl2N3O2.ClH/c1-11-6-7-21-10-15(11)22-17(24)16-3-2-8-23(16)18(25)13-9-12(19)4-5-14(13)20;/h4-5,9,11,15-16,21H,2-3,6-8,10H2,1H3,(H,22,24);1H. The molecule has 0 aromatic heterocycles. The summed E-state index contributed by atoms with van der Waals surface area (Å²) in [5.74, 6) is 0.114. The normalized spacial score (nSPS) is 25.5. The van der Waals surface area contributed by atoms with Crippen LogP contribution in [0.4, 0.5) is 0 Å². The number of rotatable bonds is 3. The van der Waals surface area contributed by atoms with Gasteiger partial charge in [-0.1, -0.05) is 30.1 Å². The third-order valence-corrected chi connectivity index (χ3v) is 5.70. The summed E-state index contributed by atoms with van der Waals surface area (Å²) in [4.78, 5) is 27.3. The molecule has 3 atom stereocenters. The van der Waals surface area contributed by atoms with Gasteiger partial charge in [0, 0.05) is 24.2 Å². The lowest BCUT2D eigenvalue weighted by Crippen LogP contribution is -2.55. The Morgan fingerprint density at radius 2 is 2.04 bits per heavy atom. The molecule has 3 unspecified atom stereocenters. The Bertz CT molecular complexity index is 671. The molecule has 0 spiro atoms. The molecule has 2 heterocycles. The van der Waals surface area contributed by atoms with Crippen LogP contribution in [0.2, 0.25) is 10.0 Å². The molecule has 2 N–H and O–H groups in total. The minimum absolute atomic E-state index is 0. The van der Waals surface area contributed by atoms with E-state index in [0.717, 1.165) is 25.9 Å². The van der Waals surface area contributed by atoms with Crippen LogP contribution >= 0.6 is 35.6 Å². The van der Waals surface area contributed by atoms with E-state index in [1.165, 1.54) is 0 Å². The van der Waals surface area contributed by atoms with Crippen LogP contribution in [0.25, 0.3) is 0 Å². The van der Waals surface area contributed by atoms with Crippen molar-refractivity contribution in [2.45, 2.75) is 38.3 Å². The molecule has 2 amide bonds. The second-order valence-corrected chi connectivity index (χ2v) is 7.71. The maximum atomic E-state index is 12.9. The van der Waals surface area contributed by atoms with Crippen molar-refractivity contribution >= 4 is 47.4 Å². The molecule has 0 aliphatic carbocycles. The first-order valence-electron chi connectivity index (χ1n) is 8.74. The summed E-state index contributed by atoms with van der Waals surface area (Å²) in [5.41, 5.74) is 0.349. The molecule has 0 saturated carbocycles. The van der Waals surface area contributed by atoms with Crippen molar-refractivity contribution in [2.75, 3.05) is 19.6 Å². The van der Waals surface area contributed by atoms with Crippen molar-refractivity contribution in [1.82, 2.24) is 15.5 Å². The summed E-state index contributed by atoms with van der Waals surface area (Å²) >= 11 is 12.2. The van der Waals surface area contributed by atoms with Crippen molar-refractivity contribution in [1.29, 1.82) is 0 Å². The zero-order chi connectivity index (χ0) is 18.0. The number of amides is 2. The fraction of sp³-hybridized carbons (Fsp3) is 0.556. The molecule has 5 nitrogen and oxygen atoms in total. The highest BCUT2D eigenvalue weighted by atomic mass is 35.5. The topological polar surface area (TPSA) is 61.4 Å². The molecule has 2 saturated heterocycles. The van der Waals surface area contributed by atoms with Crippen molar-refractivity contribution < 1.29 is 9.59 Å². The minimum Gasteiger partial charge on any atom is -0.350 e. The van der Waals surface area contributed by atoms with E-state index in [-0.39, 0.29) is 30.3 Å². The number of nitrogens with zero attached hydrogens (tertiary/aromatic N) is 1. The lowest BCUT2D eigenvalue weighted by atomic mass is 9.94. The second-order valence-electron chi connectivity index (χ2n) is 6.87. The number of piperidine rings is 1. The first-order chi connectivity index (χ1) is 12.0. The second kappa shape index (κ2) is 9.27. The summed E-state index contributed by atoms with van der Waals surface area (Å²) in [6.07, 6.45) is 2.52. The SMILES string of the molecule is CC1CCNCC1NC(=O)C1CCCN1C(=O)c1cc(Cl)ccc1Cl.Cl. The van der Waals surface area contributed by atoms with Gasteiger partial charge in [0.25, 0.3) is 5.91 Å². The summed E-state index contributed by atoms with van der Waals surface area (Å²) < 4.78 is 0. The molecular weight excluding hydrogens is 397 g/mol. The Kier molecular flexibility index (Phi) is 7.59. The summed E-state index contributed by atoms with van der Waals surface area (Å²) in [6.45, 7) is 4.45. The Hall–Kier alpha value is -1.01. The molecule has 1 aromatic carbocycles. The summed E-state index contributed by atoms with van der Waals surface area (Å²) in [5, 5.41) is 7.23. The van der Waals surface area contributed by atoms with Gasteiger partial charge in [0.2, 0.25) is 5.91 Å². The predicted molar refractivity (Wildman–Crippen MR) is 106 cm³/mol. The van der Waals surface area contributed by atoms with Gasteiger partial charge in [-0.2, -0.15) is 0 Å². The molecule has 0 radical (unpaired) electrons. The maximum absolute atomic E-state index is 12.9. The van der Waals surface area contributed by atoms with E-state index in [9.17, 15) is 9.59 Å². The lowest BCUT2D eigenvalue weighted by Gasteiger charge is -2.32. The van der Waals surface area contributed by atoms with E-state index in [2.05, 4.69) is 17.6 Å². The van der Waals surface area contributed by atoms with E-state index >= 15 is 0 Å². The van der Waals surface area contributed by atoms with E-state index in [1.54, 1.807) is 23.1 Å². The summed E-state index contributed by atoms with van der Waals surface area (Å²) in [7, 11) is 0. The van der Waals surface area contributed by atoms with Crippen molar-refractivity contribution in [3.63, 3.8) is 0 Å². The minimum atomic E-state index is -0.448. The molecule has 2 aliphatic heterocycles. The quantitative estimate of drug-likeness (QED) is 0.790. The molecule has 0 bridgehead atoms.